The predicted molar refractivity (Wildman–Crippen MR) is 77.5 cm³/mol. The summed E-state index contributed by atoms with van der Waals surface area (Å²) < 4.78 is 0. The third-order valence-electron chi connectivity index (χ3n) is 6.05. The lowest BCUT2D eigenvalue weighted by Gasteiger charge is -2.38. The summed E-state index contributed by atoms with van der Waals surface area (Å²) in [5.74, 6) is 6.17. The van der Waals surface area contributed by atoms with Crippen LogP contribution in [-0.4, -0.2) is 12.6 Å². The van der Waals surface area contributed by atoms with E-state index in [1.807, 2.05) is 0 Å². The number of nitrogens with one attached hydrogen (secondary N) is 1. The minimum atomic E-state index is 0.857. The first-order valence-corrected chi connectivity index (χ1v) is 8.44. The van der Waals surface area contributed by atoms with Gasteiger partial charge in [-0.15, -0.1) is 0 Å². The Bertz CT molecular complexity index is 267. The summed E-state index contributed by atoms with van der Waals surface area (Å²) in [5, 5.41) is 3.88. The van der Waals surface area contributed by atoms with Crippen molar-refractivity contribution in [2.24, 2.45) is 35.5 Å². The van der Waals surface area contributed by atoms with Crippen LogP contribution in [0, 0.1) is 35.5 Å². The van der Waals surface area contributed by atoms with E-state index in [-0.39, 0.29) is 0 Å². The number of fused-ring (bicyclic) bond motifs is 1. The second-order valence-corrected chi connectivity index (χ2v) is 7.60. The Kier molecular flexibility index (Phi) is 3.71. The molecule has 3 aliphatic carbocycles. The summed E-state index contributed by atoms with van der Waals surface area (Å²) in [5.41, 5.74) is 0. The van der Waals surface area contributed by atoms with Crippen LogP contribution in [0.4, 0.5) is 0 Å². The van der Waals surface area contributed by atoms with Gasteiger partial charge in [0, 0.05) is 6.04 Å². The second kappa shape index (κ2) is 5.15. The van der Waals surface area contributed by atoms with Crippen molar-refractivity contribution in [3.8, 4) is 0 Å². The molecule has 3 rings (SSSR count). The zero-order valence-corrected chi connectivity index (χ0v) is 12.5. The zero-order chi connectivity index (χ0) is 12.7. The maximum atomic E-state index is 3.88. The first-order chi connectivity index (χ1) is 8.70. The maximum absolute atomic E-state index is 3.88. The molecule has 1 N–H and O–H groups in total. The molecule has 0 aromatic carbocycles. The highest BCUT2D eigenvalue weighted by Gasteiger charge is 2.57. The molecule has 0 amide bonds. The molecule has 0 aliphatic heterocycles. The molecule has 3 aliphatic rings. The van der Waals surface area contributed by atoms with Gasteiger partial charge in [-0.25, -0.2) is 0 Å². The van der Waals surface area contributed by atoms with Crippen LogP contribution in [0.1, 0.15) is 59.3 Å². The normalized spacial score (nSPS) is 48.8. The van der Waals surface area contributed by atoms with Gasteiger partial charge in [0.15, 0.2) is 0 Å². The summed E-state index contributed by atoms with van der Waals surface area (Å²) in [7, 11) is 0. The van der Waals surface area contributed by atoms with Crippen molar-refractivity contribution in [1.82, 2.24) is 5.32 Å². The van der Waals surface area contributed by atoms with Crippen LogP contribution in [-0.2, 0) is 0 Å². The van der Waals surface area contributed by atoms with E-state index in [0.717, 1.165) is 41.5 Å². The van der Waals surface area contributed by atoms with Crippen LogP contribution in [0.15, 0.2) is 0 Å². The van der Waals surface area contributed by atoms with E-state index in [4.69, 9.17) is 0 Å². The van der Waals surface area contributed by atoms with E-state index in [1.54, 1.807) is 0 Å². The van der Waals surface area contributed by atoms with Gasteiger partial charge in [0.1, 0.15) is 0 Å². The van der Waals surface area contributed by atoms with Crippen LogP contribution in [0.3, 0.4) is 0 Å². The summed E-state index contributed by atoms with van der Waals surface area (Å²) in [6.07, 6.45) is 9.02. The summed E-state index contributed by atoms with van der Waals surface area (Å²) in [6, 6.07) is 0.857. The van der Waals surface area contributed by atoms with Gasteiger partial charge in [0.2, 0.25) is 0 Å². The van der Waals surface area contributed by atoms with Gasteiger partial charge in [-0.2, -0.15) is 0 Å². The van der Waals surface area contributed by atoms with E-state index >= 15 is 0 Å². The molecular formula is C17H31N. The Morgan fingerprint density at radius 1 is 1.00 bits per heavy atom. The van der Waals surface area contributed by atoms with Gasteiger partial charge in [-0.1, -0.05) is 27.2 Å². The van der Waals surface area contributed by atoms with Gasteiger partial charge in [0.05, 0.1) is 0 Å². The topological polar surface area (TPSA) is 12.0 Å². The first kappa shape index (κ1) is 13.0. The fourth-order valence-electron chi connectivity index (χ4n) is 5.56. The smallest absolute Gasteiger partial charge is 0.0129 e. The third kappa shape index (κ3) is 2.35. The molecule has 0 aromatic heterocycles. The molecule has 0 heterocycles. The van der Waals surface area contributed by atoms with Gasteiger partial charge in [-0.05, 0) is 74.2 Å². The molecule has 3 saturated carbocycles. The summed E-state index contributed by atoms with van der Waals surface area (Å²) >= 11 is 0. The average molecular weight is 249 g/mol. The largest absolute Gasteiger partial charge is 0.314 e. The first-order valence-electron chi connectivity index (χ1n) is 8.44. The lowest BCUT2D eigenvalue weighted by Crippen LogP contribution is -2.42. The molecule has 0 spiro atoms. The van der Waals surface area contributed by atoms with E-state index in [9.17, 15) is 0 Å². The summed E-state index contributed by atoms with van der Waals surface area (Å²) in [4.78, 5) is 0. The second-order valence-electron chi connectivity index (χ2n) is 7.60. The lowest BCUT2D eigenvalue weighted by molar-refractivity contribution is 0.158. The fraction of sp³-hybridized carbons (Fsp3) is 1.00. The van der Waals surface area contributed by atoms with Crippen molar-refractivity contribution < 1.29 is 0 Å². The minimum Gasteiger partial charge on any atom is -0.314 e. The van der Waals surface area contributed by atoms with Crippen LogP contribution in [0.25, 0.3) is 0 Å². The maximum Gasteiger partial charge on any atom is 0.0129 e. The molecule has 5 unspecified atom stereocenters. The molecular weight excluding hydrogens is 218 g/mol. The molecule has 0 bridgehead atoms. The quantitative estimate of drug-likeness (QED) is 0.791. The Morgan fingerprint density at radius 2 is 1.61 bits per heavy atom. The lowest BCUT2D eigenvalue weighted by atomic mass is 9.72. The predicted octanol–water partition coefficient (Wildman–Crippen LogP) is 4.08. The number of hydrogen-bond donors (Lipinski definition) is 1. The van der Waals surface area contributed by atoms with Gasteiger partial charge in [0.25, 0.3) is 0 Å². The van der Waals surface area contributed by atoms with Crippen LogP contribution in [0.2, 0.25) is 0 Å². The SMILES string of the molecule is CCNC(C1CC(C)CC(C)C1)C1C2CCCC21. The molecule has 0 aromatic rings. The Labute approximate surface area is 113 Å². The highest BCUT2D eigenvalue weighted by Crippen LogP contribution is 2.60. The van der Waals surface area contributed by atoms with Crippen molar-refractivity contribution in [1.29, 1.82) is 0 Å². The molecule has 104 valence electrons. The van der Waals surface area contributed by atoms with E-state index in [2.05, 4.69) is 26.1 Å². The molecule has 18 heavy (non-hydrogen) atoms. The van der Waals surface area contributed by atoms with Crippen LogP contribution >= 0.6 is 0 Å². The van der Waals surface area contributed by atoms with Gasteiger partial charge in [-0.3, -0.25) is 0 Å². The zero-order valence-electron chi connectivity index (χ0n) is 12.5. The van der Waals surface area contributed by atoms with Crippen molar-refractivity contribution in [2.45, 2.75) is 65.3 Å². The Hall–Kier alpha value is -0.0400. The van der Waals surface area contributed by atoms with Crippen molar-refractivity contribution >= 4 is 0 Å². The molecule has 5 atom stereocenters. The van der Waals surface area contributed by atoms with E-state index < -0.39 is 0 Å². The number of hydrogen-bond acceptors (Lipinski definition) is 1. The summed E-state index contributed by atoms with van der Waals surface area (Å²) in [6.45, 7) is 8.40. The van der Waals surface area contributed by atoms with Crippen molar-refractivity contribution in [3.63, 3.8) is 0 Å². The van der Waals surface area contributed by atoms with Crippen molar-refractivity contribution in [2.75, 3.05) is 6.54 Å². The van der Waals surface area contributed by atoms with Gasteiger partial charge >= 0.3 is 0 Å². The van der Waals surface area contributed by atoms with E-state index in [0.29, 0.717) is 0 Å². The Balaban J connectivity index is 1.66. The Morgan fingerprint density at radius 3 is 2.17 bits per heavy atom. The molecule has 1 heteroatoms. The standard InChI is InChI=1S/C17H31N/c1-4-18-17(16-14-6-5-7-15(14)16)13-9-11(2)8-12(3)10-13/h11-18H,4-10H2,1-3H3. The molecule has 0 saturated heterocycles. The highest BCUT2D eigenvalue weighted by molar-refractivity contribution is 5.08. The monoisotopic (exact) mass is 249 g/mol. The molecule has 3 fully saturated rings. The number of rotatable bonds is 4. The van der Waals surface area contributed by atoms with Gasteiger partial charge < -0.3 is 5.32 Å². The average Bonchev–Trinajstić information content (AvgIpc) is 2.79. The fourth-order valence-corrected chi connectivity index (χ4v) is 5.56. The van der Waals surface area contributed by atoms with Crippen LogP contribution in [0.5, 0.6) is 0 Å². The highest BCUT2D eigenvalue weighted by atomic mass is 14.9. The molecule has 0 radical (unpaired) electrons. The van der Waals surface area contributed by atoms with Crippen LogP contribution < -0.4 is 5.32 Å². The van der Waals surface area contributed by atoms with E-state index in [1.165, 1.54) is 45.1 Å². The van der Waals surface area contributed by atoms with Crippen molar-refractivity contribution in [3.05, 3.63) is 0 Å². The minimum absolute atomic E-state index is 0.857. The molecule has 1 nitrogen and oxygen atoms in total. The third-order valence-corrected chi connectivity index (χ3v) is 6.05.